The average molecular weight is 425 g/mol. The van der Waals surface area contributed by atoms with Crippen LogP contribution in [0.1, 0.15) is 37.4 Å². The molecule has 3 rings (SSSR count). The molecule has 2 aliphatic heterocycles. The number of carbonyl (C=O) groups excluding carboxylic acids is 4. The van der Waals surface area contributed by atoms with E-state index in [-0.39, 0.29) is 24.7 Å². The second-order valence-corrected chi connectivity index (χ2v) is 7.88. The number of aryl methyl sites for hydroxylation is 2. The number of hydrazine groups is 1. The molecule has 0 saturated carbocycles. The summed E-state index contributed by atoms with van der Waals surface area (Å²) in [4.78, 5) is 53.5. The molecule has 3 amide bonds. The highest BCUT2D eigenvalue weighted by Gasteiger charge is 2.44. The minimum atomic E-state index is -0.857. The highest BCUT2D eigenvalue weighted by Crippen LogP contribution is 2.24. The van der Waals surface area contributed by atoms with Crippen LogP contribution in [0.4, 0.5) is 5.82 Å². The monoisotopic (exact) mass is 425 g/mol. The number of amides is 3. The van der Waals surface area contributed by atoms with Crippen molar-refractivity contribution >= 4 is 29.3 Å². The van der Waals surface area contributed by atoms with Crippen LogP contribution in [0.3, 0.4) is 0 Å². The predicted octanol–water partition coefficient (Wildman–Crippen LogP) is 0.301. The lowest BCUT2D eigenvalue weighted by Gasteiger charge is -2.23. The Hall–Kier alpha value is -3.41. The molecule has 2 aliphatic rings. The number of carbonyl (C=O) groups is 4. The fraction of sp³-hybridized carbons (Fsp3) is 0.500. The summed E-state index contributed by atoms with van der Waals surface area (Å²) < 4.78 is 0. The third-order valence-electron chi connectivity index (χ3n) is 5.49. The van der Waals surface area contributed by atoms with E-state index in [1.165, 1.54) is 24.5 Å². The first-order chi connectivity index (χ1) is 14.8. The summed E-state index contributed by atoms with van der Waals surface area (Å²) >= 11 is 0. The van der Waals surface area contributed by atoms with Gasteiger partial charge >= 0.3 is 0 Å². The van der Waals surface area contributed by atoms with Gasteiger partial charge in [0, 0.05) is 25.7 Å². The number of nitrogens with zero attached hydrogens (tertiary/aromatic N) is 3. The van der Waals surface area contributed by atoms with Crippen molar-refractivity contribution in [2.75, 3.05) is 25.5 Å². The van der Waals surface area contributed by atoms with Crippen LogP contribution in [-0.2, 0) is 32.0 Å². The van der Waals surface area contributed by atoms with Crippen LogP contribution in [0.2, 0.25) is 0 Å². The van der Waals surface area contributed by atoms with E-state index in [9.17, 15) is 19.2 Å². The van der Waals surface area contributed by atoms with Gasteiger partial charge in [0.2, 0.25) is 5.91 Å². The molecule has 0 aromatic carbocycles. The van der Waals surface area contributed by atoms with Crippen LogP contribution in [0.5, 0.6) is 0 Å². The number of aromatic nitrogens is 1. The summed E-state index contributed by atoms with van der Waals surface area (Å²) in [6, 6.07) is 3.22. The van der Waals surface area contributed by atoms with E-state index in [0.717, 1.165) is 35.9 Å². The fourth-order valence-electron chi connectivity index (χ4n) is 3.82. The molecule has 1 unspecified atom stereocenters. The molecule has 1 fully saturated rings. The molecular weight excluding hydrogens is 398 g/mol. The lowest BCUT2D eigenvalue weighted by Crippen LogP contribution is -2.47. The van der Waals surface area contributed by atoms with Crippen LogP contribution < -0.4 is 10.6 Å². The first-order valence-electron chi connectivity index (χ1n) is 10.4. The van der Waals surface area contributed by atoms with Gasteiger partial charge < -0.3 is 10.6 Å². The number of fused-ring (bicyclic) bond motifs is 1. The van der Waals surface area contributed by atoms with Gasteiger partial charge in [-0.1, -0.05) is 12.0 Å². The summed E-state index contributed by atoms with van der Waals surface area (Å²) in [6.07, 6.45) is 8.20. The Kier molecular flexibility index (Phi) is 6.90. The fourth-order valence-corrected chi connectivity index (χ4v) is 3.82. The van der Waals surface area contributed by atoms with Gasteiger partial charge in [-0.25, -0.2) is 9.99 Å². The summed E-state index contributed by atoms with van der Waals surface area (Å²) in [7, 11) is 1.46. The van der Waals surface area contributed by atoms with Crippen molar-refractivity contribution in [1.29, 1.82) is 0 Å². The molecule has 164 valence electrons. The van der Waals surface area contributed by atoms with Crippen LogP contribution in [0.25, 0.3) is 0 Å². The number of Topliss-reactive ketones (excluding diaryl/α,β-unsaturated/α-hetero) is 1. The van der Waals surface area contributed by atoms with Gasteiger partial charge in [-0.3, -0.25) is 24.2 Å². The van der Waals surface area contributed by atoms with Crippen LogP contribution in [0, 0.1) is 18.3 Å². The molecule has 0 bridgehead atoms. The lowest BCUT2D eigenvalue weighted by atomic mass is 10.00. The molecule has 0 aliphatic carbocycles. The molecule has 1 saturated heterocycles. The van der Waals surface area contributed by atoms with E-state index in [1.54, 1.807) is 0 Å². The first kappa shape index (κ1) is 22.3. The zero-order chi connectivity index (χ0) is 22.5. The van der Waals surface area contributed by atoms with Gasteiger partial charge in [-0.05, 0) is 44.2 Å². The minimum absolute atomic E-state index is 0.0101. The molecule has 31 heavy (non-hydrogen) atoms. The highest BCUT2D eigenvalue weighted by molar-refractivity contribution is 6.06. The number of nitrogens with one attached hydrogen (secondary N) is 2. The Balaban J connectivity index is 1.59. The molecule has 1 aromatic rings. The molecule has 0 radical (unpaired) electrons. The van der Waals surface area contributed by atoms with Crippen molar-refractivity contribution in [2.45, 2.75) is 45.1 Å². The maximum atomic E-state index is 12.8. The predicted molar refractivity (Wildman–Crippen MR) is 113 cm³/mol. The summed E-state index contributed by atoms with van der Waals surface area (Å²) in [5.74, 6) is 0.890. The standard InChI is InChI=1S/C22H27N5O4/c1-4-16(12-14(2)28)24-19(29)13-27-22(31)18(21(30)26(27)3)10-9-17-8-7-15-6-5-11-23-20(15)25-17/h1,7-8,16,18H,5-6,9-13H2,2-3H3,(H,23,25)(H,24,29)/t16-,18?/m1/s1. The normalized spacial score (nSPS) is 18.8. The third kappa shape index (κ3) is 5.20. The number of terminal acetylenes is 1. The SMILES string of the molecule is C#C[C@H](CC(C)=O)NC(=O)CN1C(=O)C(CCc2ccc3c(n2)NCCC3)C(=O)N1C. The van der Waals surface area contributed by atoms with Gasteiger partial charge in [-0.2, -0.15) is 0 Å². The second kappa shape index (κ2) is 9.60. The third-order valence-corrected chi connectivity index (χ3v) is 5.49. The maximum Gasteiger partial charge on any atom is 0.254 e. The zero-order valence-corrected chi connectivity index (χ0v) is 17.8. The average Bonchev–Trinajstić information content (AvgIpc) is 2.94. The number of hydrogen-bond acceptors (Lipinski definition) is 6. The quantitative estimate of drug-likeness (QED) is 0.458. The molecule has 9 heteroatoms. The highest BCUT2D eigenvalue weighted by atomic mass is 16.2. The minimum Gasteiger partial charge on any atom is -0.370 e. The van der Waals surface area contributed by atoms with E-state index in [4.69, 9.17) is 6.42 Å². The Labute approximate surface area is 181 Å². The summed E-state index contributed by atoms with van der Waals surface area (Å²) in [5.41, 5.74) is 1.99. The molecule has 1 aromatic heterocycles. The Morgan fingerprint density at radius 3 is 2.84 bits per heavy atom. The molecule has 9 nitrogen and oxygen atoms in total. The number of hydrogen-bond donors (Lipinski definition) is 2. The second-order valence-electron chi connectivity index (χ2n) is 7.88. The van der Waals surface area contributed by atoms with E-state index < -0.39 is 23.8 Å². The van der Waals surface area contributed by atoms with Gasteiger partial charge in [0.05, 0.1) is 6.04 Å². The summed E-state index contributed by atoms with van der Waals surface area (Å²) in [6.45, 7) is 1.93. The van der Waals surface area contributed by atoms with Crippen molar-refractivity contribution in [3.63, 3.8) is 0 Å². The molecule has 2 N–H and O–H groups in total. The topological polar surface area (TPSA) is 112 Å². The van der Waals surface area contributed by atoms with E-state index in [0.29, 0.717) is 12.8 Å². The van der Waals surface area contributed by atoms with E-state index >= 15 is 0 Å². The number of rotatable bonds is 8. The zero-order valence-electron chi connectivity index (χ0n) is 17.8. The Morgan fingerprint density at radius 1 is 1.35 bits per heavy atom. The lowest BCUT2D eigenvalue weighted by molar-refractivity contribution is -0.147. The van der Waals surface area contributed by atoms with Gasteiger partial charge in [0.25, 0.3) is 11.8 Å². The molecule has 2 atom stereocenters. The van der Waals surface area contributed by atoms with E-state index in [1.807, 2.05) is 12.1 Å². The van der Waals surface area contributed by atoms with Gasteiger partial charge in [0.15, 0.2) is 0 Å². The number of ketones is 1. The van der Waals surface area contributed by atoms with Gasteiger partial charge in [-0.15, -0.1) is 6.42 Å². The van der Waals surface area contributed by atoms with Gasteiger partial charge in [0.1, 0.15) is 24.1 Å². The molecular formula is C22H27N5O4. The largest absolute Gasteiger partial charge is 0.370 e. The van der Waals surface area contributed by atoms with Crippen molar-refractivity contribution in [1.82, 2.24) is 20.3 Å². The first-order valence-corrected chi connectivity index (χ1v) is 10.4. The molecule has 3 heterocycles. The number of anilines is 1. The van der Waals surface area contributed by atoms with Crippen molar-refractivity contribution in [2.24, 2.45) is 5.92 Å². The Morgan fingerprint density at radius 2 is 2.13 bits per heavy atom. The van der Waals surface area contributed by atoms with Crippen LogP contribution in [0.15, 0.2) is 12.1 Å². The van der Waals surface area contributed by atoms with Crippen molar-refractivity contribution in [3.8, 4) is 12.3 Å². The van der Waals surface area contributed by atoms with Crippen LogP contribution >= 0.6 is 0 Å². The molecule has 0 spiro atoms. The summed E-state index contributed by atoms with van der Waals surface area (Å²) in [5, 5.41) is 8.10. The number of pyridine rings is 1. The maximum absolute atomic E-state index is 12.8. The van der Waals surface area contributed by atoms with E-state index in [2.05, 4.69) is 21.5 Å². The Bertz CT molecular complexity index is 938. The van der Waals surface area contributed by atoms with Crippen molar-refractivity contribution < 1.29 is 19.2 Å². The smallest absolute Gasteiger partial charge is 0.254 e. The van der Waals surface area contributed by atoms with Crippen LogP contribution in [-0.4, -0.2) is 64.7 Å². The van der Waals surface area contributed by atoms with Crippen molar-refractivity contribution in [3.05, 3.63) is 23.4 Å².